The van der Waals surface area contributed by atoms with E-state index in [-0.39, 0.29) is 5.41 Å². The molecule has 0 unspecified atom stereocenters. The van der Waals surface area contributed by atoms with Gasteiger partial charge >= 0.3 is 0 Å². The van der Waals surface area contributed by atoms with Crippen LogP contribution in [0.15, 0.2) is 66.9 Å². The van der Waals surface area contributed by atoms with Gasteiger partial charge in [-0.15, -0.1) is 0 Å². The summed E-state index contributed by atoms with van der Waals surface area (Å²) in [6.07, 6.45) is 1.99. The van der Waals surface area contributed by atoms with Crippen LogP contribution < -0.4 is 15.8 Å². The number of aromatic nitrogens is 2. The standard InChI is InChI=1S/C19H21N2Si/c1-19(2,3)17-14-20-18(21-17)22(15-10-6-4-7-11-15)16-12-8-5-9-13-16/h4-14H,1-3H3,(H,20,21). The largest absolute Gasteiger partial charge is 0.349 e. The molecule has 0 saturated carbocycles. The van der Waals surface area contributed by atoms with Crippen molar-refractivity contribution >= 4 is 24.6 Å². The summed E-state index contributed by atoms with van der Waals surface area (Å²) < 4.78 is 0. The quantitative estimate of drug-likeness (QED) is 0.739. The number of hydrogen-bond acceptors (Lipinski definition) is 1. The Hall–Kier alpha value is -2.13. The molecule has 0 amide bonds. The van der Waals surface area contributed by atoms with E-state index < -0.39 is 8.80 Å². The third-order valence-corrected chi connectivity index (χ3v) is 6.29. The van der Waals surface area contributed by atoms with Crippen molar-refractivity contribution in [3.8, 4) is 0 Å². The van der Waals surface area contributed by atoms with Crippen molar-refractivity contribution in [2.24, 2.45) is 0 Å². The van der Waals surface area contributed by atoms with Crippen LogP contribution in [0.25, 0.3) is 0 Å². The Labute approximate surface area is 133 Å². The first-order chi connectivity index (χ1) is 10.6. The number of hydrogen-bond donors (Lipinski definition) is 1. The lowest BCUT2D eigenvalue weighted by Gasteiger charge is -2.17. The predicted octanol–water partition coefficient (Wildman–Crippen LogP) is 2.22. The molecule has 0 fully saturated rings. The van der Waals surface area contributed by atoms with Crippen molar-refractivity contribution in [3.05, 3.63) is 72.6 Å². The Morgan fingerprint density at radius 1 is 0.818 bits per heavy atom. The second-order valence-corrected chi connectivity index (χ2v) is 8.88. The Bertz CT molecular complexity index is 687. The molecule has 1 heterocycles. The summed E-state index contributed by atoms with van der Waals surface area (Å²) in [5.74, 6) is 0. The van der Waals surface area contributed by atoms with E-state index in [0.29, 0.717) is 0 Å². The summed E-state index contributed by atoms with van der Waals surface area (Å²) >= 11 is 0. The summed E-state index contributed by atoms with van der Waals surface area (Å²) in [4.78, 5) is 8.31. The lowest BCUT2D eigenvalue weighted by molar-refractivity contribution is 0.573. The van der Waals surface area contributed by atoms with Crippen LogP contribution in [0.3, 0.4) is 0 Å². The Balaban J connectivity index is 2.09. The van der Waals surface area contributed by atoms with Crippen LogP contribution in [0.4, 0.5) is 0 Å². The number of nitrogens with zero attached hydrogens (tertiary/aromatic N) is 1. The van der Waals surface area contributed by atoms with Gasteiger partial charge in [0.05, 0.1) is 5.45 Å². The molecule has 0 saturated heterocycles. The second-order valence-electron chi connectivity index (χ2n) is 6.50. The Kier molecular flexibility index (Phi) is 3.99. The second kappa shape index (κ2) is 5.93. The van der Waals surface area contributed by atoms with E-state index in [1.807, 2.05) is 6.20 Å². The maximum absolute atomic E-state index is 4.73. The molecule has 0 spiro atoms. The highest BCUT2D eigenvalue weighted by molar-refractivity contribution is 6.94. The van der Waals surface area contributed by atoms with Crippen molar-refractivity contribution in [3.63, 3.8) is 0 Å². The van der Waals surface area contributed by atoms with Crippen LogP contribution >= 0.6 is 0 Å². The van der Waals surface area contributed by atoms with Crippen LogP contribution in [0, 0.1) is 0 Å². The smallest absolute Gasteiger partial charge is 0.202 e. The van der Waals surface area contributed by atoms with E-state index in [4.69, 9.17) is 4.98 Å². The molecule has 111 valence electrons. The predicted molar refractivity (Wildman–Crippen MR) is 94.8 cm³/mol. The van der Waals surface area contributed by atoms with Crippen LogP contribution in [0.2, 0.25) is 0 Å². The zero-order valence-electron chi connectivity index (χ0n) is 13.3. The van der Waals surface area contributed by atoms with Gasteiger partial charge in [0.15, 0.2) is 0 Å². The van der Waals surface area contributed by atoms with Gasteiger partial charge in [0.1, 0.15) is 0 Å². The third kappa shape index (κ3) is 3.04. The number of nitrogens with one attached hydrogen (secondary N) is 1. The van der Waals surface area contributed by atoms with Crippen molar-refractivity contribution in [1.82, 2.24) is 9.97 Å². The van der Waals surface area contributed by atoms with Crippen LogP contribution in [0.1, 0.15) is 26.5 Å². The van der Waals surface area contributed by atoms with E-state index in [1.165, 1.54) is 16.1 Å². The molecule has 2 aromatic carbocycles. The first-order valence-corrected chi connectivity index (χ1v) is 9.09. The van der Waals surface area contributed by atoms with Crippen molar-refractivity contribution in [2.75, 3.05) is 0 Å². The van der Waals surface area contributed by atoms with E-state index in [0.717, 1.165) is 5.45 Å². The third-order valence-electron chi connectivity index (χ3n) is 3.75. The van der Waals surface area contributed by atoms with Crippen LogP contribution in [-0.2, 0) is 5.41 Å². The summed E-state index contributed by atoms with van der Waals surface area (Å²) in [5.41, 5.74) is 2.38. The van der Waals surface area contributed by atoms with Gasteiger partial charge in [-0.05, 0) is 10.4 Å². The van der Waals surface area contributed by atoms with Gasteiger partial charge in [-0.2, -0.15) is 0 Å². The molecule has 3 aromatic rings. The summed E-state index contributed by atoms with van der Waals surface area (Å²) in [6, 6.07) is 21.4. The SMILES string of the molecule is CC(C)(C)c1cnc([Si](c2ccccc2)c2ccccc2)[nH]1. The number of imidazole rings is 1. The van der Waals surface area contributed by atoms with E-state index in [1.54, 1.807) is 0 Å². The number of H-pyrrole nitrogens is 1. The number of rotatable bonds is 3. The van der Waals surface area contributed by atoms with E-state index in [9.17, 15) is 0 Å². The van der Waals surface area contributed by atoms with Crippen LogP contribution in [-0.4, -0.2) is 18.8 Å². The molecule has 2 nitrogen and oxygen atoms in total. The van der Waals surface area contributed by atoms with Gasteiger partial charge in [-0.25, -0.2) is 4.98 Å². The molecule has 3 heteroatoms. The van der Waals surface area contributed by atoms with Crippen molar-refractivity contribution in [1.29, 1.82) is 0 Å². The summed E-state index contributed by atoms with van der Waals surface area (Å²) in [5, 5.41) is 2.71. The van der Waals surface area contributed by atoms with E-state index >= 15 is 0 Å². The minimum atomic E-state index is -1.08. The molecule has 0 aliphatic heterocycles. The Morgan fingerprint density at radius 2 is 1.32 bits per heavy atom. The van der Waals surface area contributed by atoms with Gasteiger partial charge in [-0.3, -0.25) is 0 Å². The maximum atomic E-state index is 4.73. The fourth-order valence-electron chi connectivity index (χ4n) is 2.48. The molecule has 0 aliphatic carbocycles. The van der Waals surface area contributed by atoms with Crippen molar-refractivity contribution in [2.45, 2.75) is 26.2 Å². The van der Waals surface area contributed by atoms with Crippen molar-refractivity contribution < 1.29 is 0 Å². The zero-order valence-corrected chi connectivity index (χ0v) is 14.3. The molecule has 22 heavy (non-hydrogen) atoms. The fraction of sp³-hybridized carbons (Fsp3) is 0.211. The fourth-order valence-corrected chi connectivity index (χ4v) is 4.86. The minimum Gasteiger partial charge on any atom is -0.349 e. The highest BCUT2D eigenvalue weighted by atomic mass is 28.3. The van der Waals surface area contributed by atoms with Gasteiger partial charge in [0.25, 0.3) is 0 Å². The molecule has 3 rings (SSSR count). The zero-order chi connectivity index (χ0) is 15.6. The normalized spacial score (nSPS) is 11.8. The van der Waals surface area contributed by atoms with E-state index in [2.05, 4.69) is 86.4 Å². The topological polar surface area (TPSA) is 28.7 Å². The minimum absolute atomic E-state index is 0.0889. The summed E-state index contributed by atoms with van der Waals surface area (Å²) in [6.45, 7) is 6.63. The average Bonchev–Trinajstić information content (AvgIpc) is 2.99. The molecule has 1 N–H and O–H groups in total. The first kappa shape index (κ1) is 14.8. The highest BCUT2D eigenvalue weighted by Crippen LogP contribution is 2.17. The maximum Gasteiger partial charge on any atom is 0.202 e. The summed E-state index contributed by atoms with van der Waals surface area (Å²) in [7, 11) is -1.08. The molecule has 1 radical (unpaired) electrons. The van der Waals surface area contributed by atoms with Gasteiger partial charge in [0.2, 0.25) is 8.80 Å². The van der Waals surface area contributed by atoms with Gasteiger partial charge < -0.3 is 4.98 Å². The average molecular weight is 305 g/mol. The van der Waals surface area contributed by atoms with Gasteiger partial charge in [0, 0.05) is 17.3 Å². The molecule has 0 atom stereocenters. The molecular weight excluding hydrogens is 284 g/mol. The highest BCUT2D eigenvalue weighted by Gasteiger charge is 2.25. The monoisotopic (exact) mass is 305 g/mol. The number of aromatic amines is 1. The first-order valence-electron chi connectivity index (χ1n) is 7.59. The molecular formula is C19H21N2Si. The molecule has 0 bridgehead atoms. The molecule has 1 aromatic heterocycles. The lowest BCUT2D eigenvalue weighted by Crippen LogP contribution is -2.53. The Morgan fingerprint density at radius 3 is 1.73 bits per heavy atom. The lowest BCUT2D eigenvalue weighted by atomic mass is 9.93. The molecule has 0 aliphatic rings. The van der Waals surface area contributed by atoms with Crippen LogP contribution in [0.5, 0.6) is 0 Å². The van der Waals surface area contributed by atoms with Gasteiger partial charge in [-0.1, -0.05) is 81.4 Å². The number of benzene rings is 2.